The molecule has 21 heavy (non-hydrogen) atoms. The number of benzene rings is 1. The van der Waals surface area contributed by atoms with Crippen LogP contribution in [0.3, 0.4) is 0 Å². The average molecular weight is 349 g/mol. The van der Waals surface area contributed by atoms with Crippen molar-refractivity contribution in [2.75, 3.05) is 19.6 Å². The molecule has 3 aliphatic rings. The summed E-state index contributed by atoms with van der Waals surface area (Å²) in [6, 6.07) is 8.32. The summed E-state index contributed by atoms with van der Waals surface area (Å²) >= 11 is 3.75. The van der Waals surface area contributed by atoms with Gasteiger partial charge in [0.15, 0.2) is 0 Å². The smallest absolute Gasteiger partial charge is 0.0357 e. The maximum absolute atomic E-state index is 3.75. The van der Waals surface area contributed by atoms with Crippen molar-refractivity contribution < 1.29 is 0 Å². The fourth-order valence-corrected chi connectivity index (χ4v) is 4.83. The molecule has 0 radical (unpaired) electrons. The van der Waals surface area contributed by atoms with Gasteiger partial charge in [0.05, 0.1) is 0 Å². The van der Waals surface area contributed by atoms with E-state index in [0.717, 1.165) is 12.0 Å². The lowest BCUT2D eigenvalue weighted by Gasteiger charge is -2.35. The largest absolute Gasteiger partial charge is 0.316 e. The molecule has 0 bridgehead atoms. The first-order valence-electron chi connectivity index (χ1n) is 8.56. The summed E-state index contributed by atoms with van der Waals surface area (Å²) in [6.45, 7) is 3.74. The average Bonchev–Trinajstić information content (AvgIpc) is 3.26. The van der Waals surface area contributed by atoms with E-state index in [-0.39, 0.29) is 0 Å². The van der Waals surface area contributed by atoms with Gasteiger partial charge in [-0.25, -0.2) is 0 Å². The highest BCUT2D eigenvalue weighted by Crippen LogP contribution is 2.44. The maximum Gasteiger partial charge on any atom is 0.0357 e. The molecule has 2 atom stereocenters. The van der Waals surface area contributed by atoms with Gasteiger partial charge < -0.3 is 5.32 Å². The van der Waals surface area contributed by atoms with Crippen LogP contribution in [-0.2, 0) is 6.42 Å². The first-order valence-corrected chi connectivity index (χ1v) is 9.36. The Morgan fingerprint density at radius 2 is 2.10 bits per heavy atom. The predicted octanol–water partition coefficient (Wildman–Crippen LogP) is 3.90. The van der Waals surface area contributed by atoms with E-state index in [1.165, 1.54) is 62.6 Å². The minimum atomic E-state index is 0.673. The monoisotopic (exact) mass is 348 g/mol. The Labute approximate surface area is 136 Å². The van der Waals surface area contributed by atoms with Crippen molar-refractivity contribution in [1.29, 1.82) is 0 Å². The van der Waals surface area contributed by atoms with Crippen LogP contribution in [0.15, 0.2) is 22.7 Å². The number of hydrogen-bond donors (Lipinski definition) is 1. The maximum atomic E-state index is 3.75. The number of nitrogens with one attached hydrogen (secondary N) is 1. The number of piperidine rings is 1. The van der Waals surface area contributed by atoms with Gasteiger partial charge >= 0.3 is 0 Å². The van der Waals surface area contributed by atoms with Crippen LogP contribution >= 0.6 is 15.9 Å². The van der Waals surface area contributed by atoms with Crippen LogP contribution in [0, 0.1) is 5.92 Å². The third kappa shape index (κ3) is 2.93. The Kier molecular flexibility index (Phi) is 4.08. The summed E-state index contributed by atoms with van der Waals surface area (Å²) in [5, 5.41) is 3.58. The summed E-state index contributed by atoms with van der Waals surface area (Å²) in [5.41, 5.74) is 3.16. The number of nitrogens with zero attached hydrogens (tertiary/aromatic N) is 1. The zero-order valence-electron chi connectivity index (χ0n) is 12.7. The van der Waals surface area contributed by atoms with E-state index in [0.29, 0.717) is 6.04 Å². The van der Waals surface area contributed by atoms with Crippen LogP contribution in [0.4, 0.5) is 0 Å². The van der Waals surface area contributed by atoms with Gasteiger partial charge in [-0.15, -0.1) is 0 Å². The quantitative estimate of drug-likeness (QED) is 0.887. The van der Waals surface area contributed by atoms with E-state index < -0.39 is 0 Å². The number of rotatable bonds is 4. The third-order valence-corrected chi connectivity index (χ3v) is 6.21. The molecule has 114 valence electrons. The molecule has 2 nitrogen and oxygen atoms in total. The van der Waals surface area contributed by atoms with E-state index in [4.69, 9.17) is 0 Å². The van der Waals surface area contributed by atoms with Crippen LogP contribution < -0.4 is 5.32 Å². The van der Waals surface area contributed by atoms with E-state index in [2.05, 4.69) is 44.3 Å². The van der Waals surface area contributed by atoms with E-state index in [1.54, 1.807) is 11.1 Å². The van der Waals surface area contributed by atoms with Crippen molar-refractivity contribution in [1.82, 2.24) is 10.2 Å². The summed E-state index contributed by atoms with van der Waals surface area (Å²) in [4.78, 5) is 2.86. The van der Waals surface area contributed by atoms with Crippen molar-refractivity contribution in [2.24, 2.45) is 5.92 Å². The first kappa shape index (κ1) is 14.2. The van der Waals surface area contributed by atoms with Crippen molar-refractivity contribution in [3.05, 3.63) is 33.8 Å². The van der Waals surface area contributed by atoms with Gasteiger partial charge in [-0.2, -0.15) is 0 Å². The molecule has 2 unspecified atom stereocenters. The molecule has 0 aromatic heterocycles. The van der Waals surface area contributed by atoms with E-state index >= 15 is 0 Å². The predicted molar refractivity (Wildman–Crippen MR) is 90.5 cm³/mol. The Morgan fingerprint density at radius 3 is 2.86 bits per heavy atom. The van der Waals surface area contributed by atoms with Crippen LogP contribution in [0.25, 0.3) is 0 Å². The zero-order valence-corrected chi connectivity index (χ0v) is 14.2. The highest BCUT2D eigenvalue weighted by molar-refractivity contribution is 9.10. The molecule has 2 fully saturated rings. The zero-order chi connectivity index (χ0) is 14.2. The van der Waals surface area contributed by atoms with Crippen molar-refractivity contribution in [3.8, 4) is 0 Å². The highest BCUT2D eigenvalue weighted by Gasteiger charge is 2.38. The van der Waals surface area contributed by atoms with Gasteiger partial charge in [-0.05, 0) is 74.7 Å². The molecule has 1 heterocycles. The number of fused-ring (bicyclic) bond motifs is 1. The lowest BCUT2D eigenvalue weighted by Crippen LogP contribution is -2.40. The molecule has 3 heteroatoms. The van der Waals surface area contributed by atoms with Gasteiger partial charge in [0, 0.05) is 23.1 Å². The third-order valence-electron chi connectivity index (χ3n) is 5.47. The summed E-state index contributed by atoms with van der Waals surface area (Å²) in [7, 11) is 0. The molecule has 0 amide bonds. The molecule has 1 aromatic carbocycles. The molecule has 1 N–H and O–H groups in total. The van der Waals surface area contributed by atoms with E-state index in [9.17, 15) is 0 Å². The Hall–Kier alpha value is -0.380. The second-order valence-corrected chi connectivity index (χ2v) is 7.86. The topological polar surface area (TPSA) is 15.3 Å². The molecule has 0 spiro atoms. The standard InChI is InChI=1S/C18H25BrN2/c19-17-5-1-4-16-15(17)8-9-18(16)21(14-6-7-14)12-13-3-2-10-20-11-13/h1,4-5,13-14,18,20H,2-3,6-12H2. The highest BCUT2D eigenvalue weighted by atomic mass is 79.9. The van der Waals surface area contributed by atoms with Crippen molar-refractivity contribution >= 4 is 15.9 Å². The molecule has 1 saturated carbocycles. The van der Waals surface area contributed by atoms with Gasteiger partial charge in [0.1, 0.15) is 0 Å². The second kappa shape index (κ2) is 6.02. The minimum absolute atomic E-state index is 0.673. The lowest BCUT2D eigenvalue weighted by atomic mass is 9.97. The molecule has 4 rings (SSSR count). The Bertz CT molecular complexity index is 506. The van der Waals surface area contributed by atoms with Crippen LogP contribution in [0.5, 0.6) is 0 Å². The molecule has 1 aliphatic heterocycles. The summed E-state index contributed by atoms with van der Waals surface area (Å²) < 4.78 is 1.32. The first-order chi connectivity index (χ1) is 10.3. The Morgan fingerprint density at radius 1 is 1.19 bits per heavy atom. The fourth-order valence-electron chi connectivity index (χ4n) is 4.25. The van der Waals surface area contributed by atoms with Gasteiger partial charge in [-0.3, -0.25) is 4.90 Å². The lowest BCUT2D eigenvalue weighted by molar-refractivity contribution is 0.144. The molecule has 2 aliphatic carbocycles. The Balaban J connectivity index is 1.54. The molecular formula is C18H25BrN2. The number of hydrogen-bond acceptors (Lipinski definition) is 2. The number of halogens is 1. The van der Waals surface area contributed by atoms with Crippen molar-refractivity contribution in [3.63, 3.8) is 0 Å². The van der Waals surface area contributed by atoms with Crippen LogP contribution in [0.1, 0.15) is 49.3 Å². The van der Waals surface area contributed by atoms with Crippen molar-refractivity contribution in [2.45, 2.75) is 50.6 Å². The molecule has 1 saturated heterocycles. The SMILES string of the molecule is Brc1cccc2c1CCC2N(CC1CCCNC1)C1CC1. The van der Waals surface area contributed by atoms with Gasteiger partial charge in [-0.1, -0.05) is 28.1 Å². The minimum Gasteiger partial charge on any atom is -0.316 e. The van der Waals surface area contributed by atoms with Gasteiger partial charge in [0.2, 0.25) is 0 Å². The molecule has 1 aromatic rings. The van der Waals surface area contributed by atoms with Gasteiger partial charge in [0.25, 0.3) is 0 Å². The molecular weight excluding hydrogens is 324 g/mol. The fraction of sp³-hybridized carbons (Fsp3) is 0.667. The summed E-state index contributed by atoms with van der Waals surface area (Å²) in [5.74, 6) is 0.857. The van der Waals surface area contributed by atoms with Crippen LogP contribution in [0.2, 0.25) is 0 Å². The van der Waals surface area contributed by atoms with E-state index in [1.807, 2.05) is 0 Å². The van der Waals surface area contributed by atoms with Crippen LogP contribution in [-0.4, -0.2) is 30.6 Å². The normalized spacial score (nSPS) is 28.9. The second-order valence-electron chi connectivity index (χ2n) is 7.00. The summed E-state index contributed by atoms with van der Waals surface area (Å²) in [6.07, 6.45) is 8.16.